The molecule has 0 fully saturated rings. The molecule has 0 saturated heterocycles. The summed E-state index contributed by atoms with van der Waals surface area (Å²) in [6, 6.07) is 0. The van der Waals surface area contributed by atoms with Crippen LogP contribution in [0.3, 0.4) is 0 Å². The summed E-state index contributed by atoms with van der Waals surface area (Å²) in [4.78, 5) is 10.7. The Hall–Kier alpha value is -1.56. The van der Waals surface area contributed by atoms with Crippen molar-refractivity contribution in [2.75, 3.05) is 12.3 Å². The molecule has 0 aliphatic carbocycles. The summed E-state index contributed by atoms with van der Waals surface area (Å²) in [7, 11) is 0. The Kier molecular flexibility index (Phi) is 4.78. The molecule has 0 aliphatic rings. The molecule has 0 radical (unpaired) electrons. The summed E-state index contributed by atoms with van der Waals surface area (Å²) < 4.78 is 1.55. The lowest BCUT2D eigenvalue weighted by Crippen LogP contribution is -2.04. The first kappa shape index (κ1) is 12.5. The third-order valence-corrected chi connectivity index (χ3v) is 2.29. The van der Waals surface area contributed by atoms with Crippen LogP contribution in [0.25, 0.3) is 0 Å². The Balaban J connectivity index is 2.37. The van der Waals surface area contributed by atoms with Crippen molar-refractivity contribution in [2.45, 2.75) is 32.2 Å². The lowest BCUT2D eigenvalue weighted by Gasteiger charge is -2.00. The molecule has 0 spiro atoms. The molecule has 1 heterocycles. The van der Waals surface area contributed by atoms with Crippen LogP contribution in [0.15, 0.2) is 6.20 Å². The van der Waals surface area contributed by atoms with Gasteiger partial charge in [0.2, 0.25) is 0 Å². The van der Waals surface area contributed by atoms with Gasteiger partial charge in [-0.25, -0.2) is 4.79 Å². The molecule has 1 aromatic heterocycles. The van der Waals surface area contributed by atoms with E-state index in [1.54, 1.807) is 4.68 Å². The van der Waals surface area contributed by atoms with Crippen LogP contribution < -0.4 is 5.73 Å². The maximum atomic E-state index is 10.7. The highest BCUT2D eigenvalue weighted by molar-refractivity contribution is 5.91. The zero-order chi connectivity index (χ0) is 12.0. The third kappa shape index (κ3) is 3.54. The highest BCUT2D eigenvalue weighted by atomic mass is 16.4. The molecule has 4 N–H and O–H groups in total. The summed E-state index contributed by atoms with van der Waals surface area (Å²) in [6.07, 6.45) is 5.21. The van der Waals surface area contributed by atoms with Gasteiger partial charge in [0, 0.05) is 19.3 Å². The zero-order valence-electron chi connectivity index (χ0n) is 9.09. The number of carboxylic acid groups (broad SMARTS) is 1. The average molecular weight is 227 g/mol. The van der Waals surface area contributed by atoms with Gasteiger partial charge in [-0.05, 0) is 12.8 Å². The Bertz CT molecular complexity index is 349. The van der Waals surface area contributed by atoms with Crippen LogP contribution in [0.5, 0.6) is 0 Å². The van der Waals surface area contributed by atoms with E-state index in [-0.39, 0.29) is 18.0 Å². The number of nitrogen functional groups attached to an aromatic ring is 1. The minimum absolute atomic E-state index is 0.0876. The summed E-state index contributed by atoms with van der Waals surface area (Å²) in [5.41, 5.74) is 5.61. The number of aliphatic hydroxyl groups is 1. The molecule has 0 atom stereocenters. The second-order valence-electron chi connectivity index (χ2n) is 3.64. The van der Waals surface area contributed by atoms with Gasteiger partial charge in [0.1, 0.15) is 0 Å². The third-order valence-electron chi connectivity index (χ3n) is 2.29. The standard InChI is InChI=1S/C10H17N3O3/c11-8-7-13(12-9(8)10(15)16)5-3-1-2-4-6-14/h7,14H,1-6,11H2,(H,15,16). The number of unbranched alkanes of at least 4 members (excludes halogenated alkanes) is 3. The zero-order valence-corrected chi connectivity index (χ0v) is 9.09. The molecule has 0 aliphatic heterocycles. The normalized spacial score (nSPS) is 10.6. The van der Waals surface area contributed by atoms with E-state index in [1.807, 2.05) is 0 Å². The van der Waals surface area contributed by atoms with Crippen molar-refractivity contribution in [3.8, 4) is 0 Å². The first-order chi connectivity index (χ1) is 7.65. The number of aryl methyl sites for hydroxylation is 1. The van der Waals surface area contributed by atoms with Gasteiger partial charge in [-0.3, -0.25) is 4.68 Å². The maximum Gasteiger partial charge on any atom is 0.358 e. The van der Waals surface area contributed by atoms with Crippen molar-refractivity contribution >= 4 is 11.7 Å². The van der Waals surface area contributed by atoms with Crippen LogP contribution in [0.2, 0.25) is 0 Å². The van der Waals surface area contributed by atoms with Crippen molar-refractivity contribution in [1.82, 2.24) is 9.78 Å². The maximum absolute atomic E-state index is 10.7. The second kappa shape index (κ2) is 6.12. The number of carboxylic acids is 1. The van der Waals surface area contributed by atoms with Crippen LogP contribution >= 0.6 is 0 Å². The molecule has 1 rings (SSSR count). The predicted octanol–water partition coefficient (Wildman–Crippen LogP) is 0.716. The number of nitrogens with two attached hydrogens (primary N) is 1. The van der Waals surface area contributed by atoms with Gasteiger partial charge in [0.15, 0.2) is 5.69 Å². The van der Waals surface area contributed by atoms with Crippen LogP contribution in [0.1, 0.15) is 36.2 Å². The average Bonchev–Trinajstić information content (AvgIpc) is 2.59. The van der Waals surface area contributed by atoms with E-state index in [0.717, 1.165) is 25.7 Å². The molecular weight excluding hydrogens is 210 g/mol. The summed E-state index contributed by atoms with van der Waals surface area (Å²) in [5, 5.41) is 21.2. The van der Waals surface area contributed by atoms with Crippen LogP contribution in [-0.2, 0) is 6.54 Å². The number of rotatable bonds is 7. The van der Waals surface area contributed by atoms with Crippen LogP contribution in [-0.4, -0.2) is 32.6 Å². The van der Waals surface area contributed by atoms with E-state index in [4.69, 9.17) is 15.9 Å². The Morgan fingerprint density at radius 2 is 2.06 bits per heavy atom. The molecule has 6 heteroatoms. The van der Waals surface area contributed by atoms with Gasteiger partial charge in [-0.1, -0.05) is 12.8 Å². The molecule has 1 aromatic rings. The first-order valence-corrected chi connectivity index (χ1v) is 5.32. The molecule has 0 amide bonds. The fraction of sp³-hybridized carbons (Fsp3) is 0.600. The highest BCUT2D eigenvalue weighted by Crippen LogP contribution is 2.10. The molecule has 0 unspecified atom stereocenters. The quantitative estimate of drug-likeness (QED) is 0.596. The number of hydrogen-bond donors (Lipinski definition) is 3. The summed E-state index contributed by atoms with van der Waals surface area (Å²) in [5.74, 6) is -1.10. The smallest absolute Gasteiger partial charge is 0.358 e. The second-order valence-corrected chi connectivity index (χ2v) is 3.64. The van der Waals surface area contributed by atoms with Gasteiger partial charge >= 0.3 is 5.97 Å². The molecular formula is C10H17N3O3. The molecule has 0 aromatic carbocycles. The largest absolute Gasteiger partial charge is 0.476 e. The minimum atomic E-state index is -1.10. The Morgan fingerprint density at radius 1 is 1.38 bits per heavy atom. The number of nitrogens with zero attached hydrogens (tertiary/aromatic N) is 2. The van der Waals surface area contributed by atoms with Gasteiger partial charge in [-0.2, -0.15) is 5.10 Å². The Labute approximate surface area is 93.7 Å². The van der Waals surface area contributed by atoms with Gasteiger partial charge < -0.3 is 15.9 Å². The fourth-order valence-corrected chi connectivity index (χ4v) is 1.46. The predicted molar refractivity (Wildman–Crippen MR) is 59.2 cm³/mol. The van der Waals surface area contributed by atoms with E-state index >= 15 is 0 Å². The summed E-state index contributed by atoms with van der Waals surface area (Å²) in [6.45, 7) is 0.876. The lowest BCUT2D eigenvalue weighted by molar-refractivity contribution is 0.0690. The van der Waals surface area contributed by atoms with E-state index in [0.29, 0.717) is 6.54 Å². The molecule has 16 heavy (non-hydrogen) atoms. The Morgan fingerprint density at radius 3 is 2.62 bits per heavy atom. The number of anilines is 1. The SMILES string of the molecule is Nc1cn(CCCCCCO)nc1C(=O)O. The van der Waals surface area contributed by atoms with Crippen molar-refractivity contribution in [2.24, 2.45) is 0 Å². The van der Waals surface area contributed by atoms with E-state index < -0.39 is 5.97 Å². The minimum Gasteiger partial charge on any atom is -0.476 e. The van der Waals surface area contributed by atoms with Crippen molar-refractivity contribution in [3.63, 3.8) is 0 Å². The number of hydrogen-bond acceptors (Lipinski definition) is 4. The first-order valence-electron chi connectivity index (χ1n) is 5.32. The highest BCUT2D eigenvalue weighted by Gasteiger charge is 2.12. The molecule has 0 saturated carbocycles. The van der Waals surface area contributed by atoms with Crippen LogP contribution in [0.4, 0.5) is 5.69 Å². The number of aromatic nitrogens is 2. The topological polar surface area (TPSA) is 101 Å². The van der Waals surface area contributed by atoms with Crippen molar-refractivity contribution in [1.29, 1.82) is 0 Å². The summed E-state index contributed by atoms with van der Waals surface area (Å²) >= 11 is 0. The molecule has 0 bridgehead atoms. The van der Waals surface area contributed by atoms with Crippen molar-refractivity contribution in [3.05, 3.63) is 11.9 Å². The molecule has 90 valence electrons. The number of aromatic carboxylic acids is 1. The van der Waals surface area contributed by atoms with Crippen molar-refractivity contribution < 1.29 is 15.0 Å². The lowest BCUT2D eigenvalue weighted by atomic mass is 10.2. The fourth-order valence-electron chi connectivity index (χ4n) is 1.46. The van der Waals surface area contributed by atoms with E-state index in [2.05, 4.69) is 5.10 Å². The molecule has 6 nitrogen and oxygen atoms in total. The van der Waals surface area contributed by atoms with Gasteiger partial charge in [0.05, 0.1) is 5.69 Å². The van der Waals surface area contributed by atoms with Crippen LogP contribution in [0, 0.1) is 0 Å². The van der Waals surface area contributed by atoms with Gasteiger partial charge in [-0.15, -0.1) is 0 Å². The monoisotopic (exact) mass is 227 g/mol. The van der Waals surface area contributed by atoms with E-state index in [9.17, 15) is 4.79 Å². The number of aliphatic hydroxyl groups excluding tert-OH is 1. The number of carbonyl (C=O) groups is 1. The van der Waals surface area contributed by atoms with Gasteiger partial charge in [0.25, 0.3) is 0 Å². The van der Waals surface area contributed by atoms with E-state index in [1.165, 1.54) is 6.20 Å².